The topological polar surface area (TPSA) is 66.5 Å². The number of benzene rings is 2. The van der Waals surface area contributed by atoms with E-state index < -0.39 is 44.4 Å². The molecule has 1 aliphatic rings. The number of hydrogen-bond donors (Lipinski definition) is 1. The molecule has 1 unspecified atom stereocenters. The van der Waals surface area contributed by atoms with Gasteiger partial charge in [-0.2, -0.15) is 26.3 Å². The lowest BCUT2D eigenvalue weighted by Gasteiger charge is -2.26. The minimum Gasteiger partial charge on any atom is -0.341 e. The number of sulfonamides is 1. The van der Waals surface area contributed by atoms with Gasteiger partial charge in [0.05, 0.1) is 22.1 Å². The monoisotopic (exact) mass is 480 g/mol. The first-order valence-electron chi connectivity index (χ1n) is 9.42. The lowest BCUT2D eigenvalue weighted by molar-refractivity contribution is -0.140. The molecule has 3 rings (SSSR count). The highest BCUT2D eigenvalue weighted by Crippen LogP contribution is 2.35. The fraction of sp³-hybridized carbons (Fsp3) is 0.350. The Labute approximate surface area is 180 Å². The van der Waals surface area contributed by atoms with E-state index in [1.807, 2.05) is 0 Å². The number of halogens is 6. The van der Waals surface area contributed by atoms with Gasteiger partial charge in [-0.1, -0.05) is 24.3 Å². The van der Waals surface area contributed by atoms with Gasteiger partial charge in [0.2, 0.25) is 15.9 Å². The Morgan fingerprint density at radius 1 is 0.969 bits per heavy atom. The van der Waals surface area contributed by atoms with Gasteiger partial charge >= 0.3 is 12.4 Å². The Hall–Kier alpha value is -2.60. The van der Waals surface area contributed by atoms with Crippen molar-refractivity contribution in [3.8, 4) is 0 Å². The molecule has 0 spiro atoms. The van der Waals surface area contributed by atoms with E-state index in [2.05, 4.69) is 4.72 Å². The number of carbonyl (C=O) groups excluding carboxylic acids is 1. The van der Waals surface area contributed by atoms with Crippen molar-refractivity contribution < 1.29 is 39.6 Å². The Morgan fingerprint density at radius 2 is 1.66 bits per heavy atom. The highest BCUT2D eigenvalue weighted by atomic mass is 32.2. The molecule has 12 heteroatoms. The number of carbonyl (C=O) groups is 1. The SMILES string of the molecule is O=C1CCCN1CC(NS(=O)(=O)c1ccccc1C(F)(F)F)c1cccc(C(F)(F)F)c1. The third-order valence-corrected chi connectivity index (χ3v) is 6.50. The average Bonchev–Trinajstić information content (AvgIpc) is 3.11. The van der Waals surface area contributed by atoms with Gasteiger partial charge in [-0.05, 0) is 36.2 Å². The minimum absolute atomic E-state index is 0.132. The van der Waals surface area contributed by atoms with Gasteiger partial charge in [0, 0.05) is 19.5 Å². The smallest absolute Gasteiger partial charge is 0.341 e. The van der Waals surface area contributed by atoms with E-state index in [0.29, 0.717) is 18.6 Å². The van der Waals surface area contributed by atoms with Crippen molar-refractivity contribution in [1.82, 2.24) is 9.62 Å². The summed E-state index contributed by atoms with van der Waals surface area (Å²) in [5, 5.41) is 0. The van der Waals surface area contributed by atoms with Gasteiger partial charge in [0.1, 0.15) is 0 Å². The summed E-state index contributed by atoms with van der Waals surface area (Å²) >= 11 is 0. The maximum absolute atomic E-state index is 13.3. The first kappa shape index (κ1) is 24.1. The van der Waals surface area contributed by atoms with E-state index in [4.69, 9.17) is 0 Å². The first-order valence-corrected chi connectivity index (χ1v) is 10.9. The quantitative estimate of drug-likeness (QED) is 0.625. The molecule has 1 heterocycles. The van der Waals surface area contributed by atoms with E-state index in [-0.39, 0.29) is 31.0 Å². The summed E-state index contributed by atoms with van der Waals surface area (Å²) in [5.41, 5.74) is -2.59. The Morgan fingerprint density at radius 3 is 2.25 bits per heavy atom. The van der Waals surface area contributed by atoms with Gasteiger partial charge in [-0.15, -0.1) is 0 Å². The molecular formula is C20H18F6N2O3S. The summed E-state index contributed by atoms with van der Waals surface area (Å²) < 4.78 is 107. The van der Waals surface area contributed by atoms with Crippen molar-refractivity contribution in [2.75, 3.05) is 13.1 Å². The normalized spacial score (nSPS) is 16.4. The van der Waals surface area contributed by atoms with Crippen LogP contribution in [-0.2, 0) is 27.2 Å². The van der Waals surface area contributed by atoms with Gasteiger partial charge in [0.15, 0.2) is 0 Å². The van der Waals surface area contributed by atoms with Crippen molar-refractivity contribution in [2.45, 2.75) is 36.1 Å². The van der Waals surface area contributed by atoms with Gasteiger partial charge in [0.25, 0.3) is 0 Å². The summed E-state index contributed by atoms with van der Waals surface area (Å²) in [7, 11) is -4.82. The van der Waals surface area contributed by atoms with Crippen molar-refractivity contribution in [2.24, 2.45) is 0 Å². The van der Waals surface area contributed by atoms with E-state index in [9.17, 15) is 39.6 Å². The van der Waals surface area contributed by atoms with Crippen LogP contribution in [0.3, 0.4) is 0 Å². The van der Waals surface area contributed by atoms with Crippen LogP contribution < -0.4 is 4.72 Å². The van der Waals surface area contributed by atoms with Crippen LogP contribution >= 0.6 is 0 Å². The lowest BCUT2D eigenvalue weighted by Crippen LogP contribution is -2.39. The van der Waals surface area contributed by atoms with Crippen molar-refractivity contribution in [1.29, 1.82) is 0 Å². The number of nitrogens with one attached hydrogen (secondary N) is 1. The van der Waals surface area contributed by atoms with Crippen molar-refractivity contribution in [3.05, 3.63) is 65.2 Å². The second-order valence-corrected chi connectivity index (χ2v) is 8.92. The molecule has 1 N–H and O–H groups in total. The van der Waals surface area contributed by atoms with Crippen LogP contribution in [0.5, 0.6) is 0 Å². The van der Waals surface area contributed by atoms with E-state index >= 15 is 0 Å². The minimum atomic E-state index is -4.97. The predicted molar refractivity (Wildman–Crippen MR) is 102 cm³/mol. The predicted octanol–water partition coefficient (Wildman–Crippen LogP) is 4.37. The van der Waals surface area contributed by atoms with Crippen LogP contribution in [0.4, 0.5) is 26.3 Å². The molecule has 0 aliphatic carbocycles. The van der Waals surface area contributed by atoms with Crippen LogP contribution in [-0.4, -0.2) is 32.3 Å². The molecule has 1 saturated heterocycles. The van der Waals surface area contributed by atoms with E-state index in [0.717, 1.165) is 30.3 Å². The molecule has 0 aromatic heterocycles. The molecule has 5 nitrogen and oxygen atoms in total. The number of likely N-dealkylation sites (tertiary alicyclic amines) is 1. The van der Waals surface area contributed by atoms with Crippen LogP contribution in [0.1, 0.15) is 35.6 Å². The summed E-state index contributed by atoms with van der Waals surface area (Å²) in [6.45, 7) is -0.0667. The highest BCUT2D eigenvalue weighted by molar-refractivity contribution is 7.89. The summed E-state index contributed by atoms with van der Waals surface area (Å²) in [6.07, 6.45) is -9.01. The van der Waals surface area contributed by atoms with Crippen LogP contribution in [0, 0.1) is 0 Å². The van der Waals surface area contributed by atoms with Crippen LogP contribution in [0.2, 0.25) is 0 Å². The largest absolute Gasteiger partial charge is 0.417 e. The Kier molecular flexibility index (Phi) is 6.57. The third kappa shape index (κ3) is 5.41. The number of alkyl halides is 6. The van der Waals surface area contributed by atoms with Gasteiger partial charge in [-0.25, -0.2) is 13.1 Å². The van der Waals surface area contributed by atoms with E-state index in [1.54, 1.807) is 0 Å². The summed E-state index contributed by atoms with van der Waals surface area (Å²) in [4.78, 5) is 12.2. The molecule has 1 amide bonds. The number of nitrogens with zero attached hydrogens (tertiary/aromatic N) is 1. The molecule has 0 saturated carbocycles. The molecule has 1 atom stereocenters. The standard InChI is InChI=1S/C20H18F6N2O3S/c21-19(22,23)14-6-3-5-13(11-14)16(12-28-10-4-9-18(28)29)27-32(30,31)17-8-2-1-7-15(17)20(24,25)26/h1-3,5-8,11,16,27H,4,9-10,12H2. The zero-order valence-electron chi connectivity index (χ0n) is 16.4. The maximum atomic E-state index is 13.3. The van der Waals surface area contributed by atoms with Crippen molar-refractivity contribution >= 4 is 15.9 Å². The summed E-state index contributed by atoms with van der Waals surface area (Å²) in [6, 6.07) is 5.87. The molecule has 32 heavy (non-hydrogen) atoms. The van der Waals surface area contributed by atoms with Crippen LogP contribution in [0.25, 0.3) is 0 Å². The molecule has 2 aromatic rings. The number of hydrogen-bond acceptors (Lipinski definition) is 3. The zero-order chi connectivity index (χ0) is 23.7. The fourth-order valence-electron chi connectivity index (χ4n) is 3.45. The second-order valence-electron chi connectivity index (χ2n) is 7.23. The van der Waals surface area contributed by atoms with Gasteiger partial charge < -0.3 is 4.90 Å². The molecule has 0 radical (unpaired) electrons. The maximum Gasteiger partial charge on any atom is 0.417 e. The molecular weight excluding hydrogens is 462 g/mol. The molecule has 1 fully saturated rings. The van der Waals surface area contributed by atoms with Crippen LogP contribution in [0.15, 0.2) is 53.4 Å². The molecule has 174 valence electrons. The molecule has 0 bridgehead atoms. The Bertz CT molecular complexity index is 1100. The highest BCUT2D eigenvalue weighted by Gasteiger charge is 2.38. The summed E-state index contributed by atoms with van der Waals surface area (Å²) in [5.74, 6) is -0.322. The average molecular weight is 480 g/mol. The molecule has 2 aromatic carbocycles. The third-order valence-electron chi connectivity index (χ3n) is 4.97. The Balaban J connectivity index is 2.03. The first-order chi connectivity index (χ1) is 14.8. The molecule has 1 aliphatic heterocycles. The number of amides is 1. The zero-order valence-corrected chi connectivity index (χ0v) is 17.2. The van der Waals surface area contributed by atoms with E-state index in [1.165, 1.54) is 11.0 Å². The fourth-order valence-corrected chi connectivity index (χ4v) is 4.89. The number of rotatable bonds is 6. The second kappa shape index (κ2) is 8.74. The van der Waals surface area contributed by atoms with Gasteiger partial charge in [-0.3, -0.25) is 4.79 Å². The lowest BCUT2D eigenvalue weighted by atomic mass is 10.0. The van der Waals surface area contributed by atoms with Crippen molar-refractivity contribution in [3.63, 3.8) is 0 Å².